The molecule has 0 bridgehead atoms. The summed E-state index contributed by atoms with van der Waals surface area (Å²) in [7, 11) is 0. The summed E-state index contributed by atoms with van der Waals surface area (Å²) in [6, 6.07) is 0.546. The van der Waals surface area contributed by atoms with Crippen LogP contribution >= 0.6 is 0 Å². The summed E-state index contributed by atoms with van der Waals surface area (Å²) in [6.07, 6.45) is 1.65. The molecule has 0 spiro atoms. The van der Waals surface area contributed by atoms with Crippen LogP contribution in [0.1, 0.15) is 33.5 Å². The molecule has 0 saturated carbocycles. The standard InChI is InChI=1S/C12H23N5/c1-5-17-11(13-9-15-17)7-16-8-12(3,4)14-6-10(16)2/h9-10,14H,5-8H2,1-4H3. The van der Waals surface area contributed by atoms with Crippen LogP contribution < -0.4 is 5.32 Å². The van der Waals surface area contributed by atoms with Gasteiger partial charge in [0, 0.05) is 31.2 Å². The summed E-state index contributed by atoms with van der Waals surface area (Å²) < 4.78 is 1.97. The highest BCUT2D eigenvalue weighted by Crippen LogP contribution is 2.16. The van der Waals surface area contributed by atoms with E-state index in [0.717, 1.165) is 32.0 Å². The van der Waals surface area contributed by atoms with Crippen molar-refractivity contribution in [1.29, 1.82) is 0 Å². The molecule has 0 radical (unpaired) electrons. The number of aromatic nitrogens is 3. The van der Waals surface area contributed by atoms with Crippen molar-refractivity contribution in [3.8, 4) is 0 Å². The van der Waals surface area contributed by atoms with Crippen molar-refractivity contribution in [2.24, 2.45) is 0 Å². The van der Waals surface area contributed by atoms with Gasteiger partial charge in [0.2, 0.25) is 0 Å². The molecular formula is C12H23N5. The molecule has 17 heavy (non-hydrogen) atoms. The Bertz CT molecular complexity index is 371. The second-order valence-corrected chi connectivity index (χ2v) is 5.51. The fourth-order valence-electron chi connectivity index (χ4n) is 2.34. The zero-order chi connectivity index (χ0) is 12.5. The average molecular weight is 237 g/mol. The molecule has 1 fully saturated rings. The van der Waals surface area contributed by atoms with Crippen LogP contribution in [0, 0.1) is 0 Å². The molecule has 5 nitrogen and oxygen atoms in total. The number of rotatable bonds is 3. The summed E-state index contributed by atoms with van der Waals surface area (Å²) in [5, 5.41) is 7.79. The summed E-state index contributed by atoms with van der Waals surface area (Å²) >= 11 is 0. The monoisotopic (exact) mass is 237 g/mol. The number of nitrogens with zero attached hydrogens (tertiary/aromatic N) is 4. The zero-order valence-electron chi connectivity index (χ0n) is 11.3. The Balaban J connectivity index is 2.06. The Morgan fingerprint density at radius 3 is 3.00 bits per heavy atom. The van der Waals surface area contributed by atoms with Gasteiger partial charge < -0.3 is 5.32 Å². The van der Waals surface area contributed by atoms with Crippen LogP contribution in [-0.2, 0) is 13.1 Å². The van der Waals surface area contributed by atoms with E-state index in [9.17, 15) is 0 Å². The summed E-state index contributed by atoms with van der Waals surface area (Å²) in [5.74, 6) is 1.07. The molecule has 2 rings (SSSR count). The van der Waals surface area contributed by atoms with Gasteiger partial charge in [0.05, 0.1) is 6.54 Å². The third kappa shape index (κ3) is 2.84. The normalized spacial score (nSPS) is 25.1. The third-order valence-corrected chi connectivity index (χ3v) is 3.44. The first-order valence-corrected chi connectivity index (χ1v) is 6.37. The highest BCUT2D eigenvalue weighted by Gasteiger charge is 2.30. The van der Waals surface area contributed by atoms with E-state index in [1.807, 2.05) is 4.68 Å². The summed E-state index contributed by atoms with van der Waals surface area (Å²) in [4.78, 5) is 6.83. The Labute approximate surface area is 103 Å². The SMILES string of the molecule is CCn1ncnc1CN1CC(C)(C)NCC1C. The fraction of sp³-hybridized carbons (Fsp3) is 0.833. The zero-order valence-corrected chi connectivity index (χ0v) is 11.3. The van der Waals surface area contributed by atoms with Gasteiger partial charge in [0.25, 0.3) is 0 Å². The molecular weight excluding hydrogens is 214 g/mol. The highest BCUT2D eigenvalue weighted by atomic mass is 15.4. The van der Waals surface area contributed by atoms with E-state index in [4.69, 9.17) is 0 Å². The molecule has 0 aliphatic carbocycles. The topological polar surface area (TPSA) is 46.0 Å². The molecule has 1 saturated heterocycles. The Hall–Kier alpha value is -0.940. The number of aryl methyl sites for hydroxylation is 1. The molecule has 0 amide bonds. The second-order valence-electron chi connectivity index (χ2n) is 5.51. The van der Waals surface area contributed by atoms with E-state index in [0.29, 0.717) is 6.04 Å². The van der Waals surface area contributed by atoms with Gasteiger partial charge in [0.1, 0.15) is 12.2 Å². The lowest BCUT2D eigenvalue weighted by molar-refractivity contribution is 0.0937. The first-order valence-electron chi connectivity index (χ1n) is 6.37. The molecule has 1 atom stereocenters. The van der Waals surface area contributed by atoms with Crippen LogP contribution in [0.15, 0.2) is 6.33 Å². The van der Waals surface area contributed by atoms with Crippen molar-refractivity contribution < 1.29 is 0 Å². The van der Waals surface area contributed by atoms with Crippen molar-refractivity contribution in [2.75, 3.05) is 13.1 Å². The lowest BCUT2D eigenvalue weighted by atomic mass is 9.99. The Morgan fingerprint density at radius 2 is 2.29 bits per heavy atom. The molecule has 1 aliphatic heterocycles. The number of hydrogen-bond donors (Lipinski definition) is 1. The molecule has 1 aromatic rings. The van der Waals surface area contributed by atoms with E-state index in [2.05, 4.69) is 48.0 Å². The average Bonchev–Trinajstić information content (AvgIpc) is 2.70. The van der Waals surface area contributed by atoms with Crippen LogP contribution in [0.4, 0.5) is 0 Å². The molecule has 1 aliphatic rings. The van der Waals surface area contributed by atoms with Gasteiger partial charge in [-0.15, -0.1) is 0 Å². The van der Waals surface area contributed by atoms with Gasteiger partial charge in [-0.25, -0.2) is 9.67 Å². The van der Waals surface area contributed by atoms with E-state index < -0.39 is 0 Å². The highest BCUT2D eigenvalue weighted by molar-refractivity contribution is 4.94. The van der Waals surface area contributed by atoms with Crippen molar-refractivity contribution in [1.82, 2.24) is 25.0 Å². The molecule has 2 heterocycles. The second kappa shape index (κ2) is 4.74. The van der Waals surface area contributed by atoms with E-state index >= 15 is 0 Å². The Kier molecular flexibility index (Phi) is 3.49. The molecule has 1 unspecified atom stereocenters. The van der Waals surface area contributed by atoms with E-state index in [1.165, 1.54) is 0 Å². The van der Waals surface area contributed by atoms with Crippen LogP contribution in [0.3, 0.4) is 0 Å². The van der Waals surface area contributed by atoms with Crippen LogP contribution in [0.2, 0.25) is 0 Å². The smallest absolute Gasteiger partial charge is 0.141 e. The van der Waals surface area contributed by atoms with Gasteiger partial charge in [-0.3, -0.25) is 4.90 Å². The molecule has 1 N–H and O–H groups in total. The first kappa shape index (κ1) is 12.5. The van der Waals surface area contributed by atoms with E-state index in [-0.39, 0.29) is 5.54 Å². The van der Waals surface area contributed by atoms with Crippen LogP contribution in [0.25, 0.3) is 0 Å². The fourth-order valence-corrected chi connectivity index (χ4v) is 2.34. The maximum Gasteiger partial charge on any atom is 0.141 e. The number of nitrogens with one attached hydrogen (secondary N) is 1. The summed E-state index contributed by atoms with van der Waals surface area (Å²) in [5.41, 5.74) is 0.184. The van der Waals surface area contributed by atoms with Gasteiger partial charge in [-0.2, -0.15) is 5.10 Å². The quantitative estimate of drug-likeness (QED) is 0.847. The van der Waals surface area contributed by atoms with Crippen molar-refractivity contribution >= 4 is 0 Å². The van der Waals surface area contributed by atoms with Crippen molar-refractivity contribution in [2.45, 2.75) is 52.4 Å². The number of hydrogen-bond acceptors (Lipinski definition) is 4. The maximum atomic E-state index is 4.35. The predicted octanol–water partition coefficient (Wildman–Crippen LogP) is 0.870. The van der Waals surface area contributed by atoms with Crippen LogP contribution in [-0.4, -0.2) is 44.3 Å². The lowest BCUT2D eigenvalue weighted by Crippen LogP contribution is -2.60. The molecule has 96 valence electrons. The first-order chi connectivity index (χ1) is 8.02. The minimum Gasteiger partial charge on any atom is -0.309 e. The van der Waals surface area contributed by atoms with Crippen molar-refractivity contribution in [3.05, 3.63) is 12.2 Å². The van der Waals surface area contributed by atoms with Gasteiger partial charge in [0.15, 0.2) is 0 Å². The largest absolute Gasteiger partial charge is 0.309 e. The van der Waals surface area contributed by atoms with Crippen LogP contribution in [0.5, 0.6) is 0 Å². The van der Waals surface area contributed by atoms with Gasteiger partial charge in [-0.05, 0) is 27.7 Å². The molecule has 1 aromatic heterocycles. The minimum atomic E-state index is 0.184. The lowest BCUT2D eigenvalue weighted by Gasteiger charge is -2.43. The minimum absolute atomic E-state index is 0.184. The molecule has 0 aromatic carbocycles. The number of piperazine rings is 1. The third-order valence-electron chi connectivity index (χ3n) is 3.44. The predicted molar refractivity (Wildman–Crippen MR) is 67.6 cm³/mol. The van der Waals surface area contributed by atoms with Crippen molar-refractivity contribution in [3.63, 3.8) is 0 Å². The van der Waals surface area contributed by atoms with E-state index in [1.54, 1.807) is 6.33 Å². The summed E-state index contributed by atoms with van der Waals surface area (Å²) in [6.45, 7) is 12.7. The molecule has 5 heteroatoms. The maximum absolute atomic E-state index is 4.35. The Morgan fingerprint density at radius 1 is 1.53 bits per heavy atom. The van der Waals surface area contributed by atoms with Gasteiger partial charge >= 0.3 is 0 Å². The van der Waals surface area contributed by atoms with Gasteiger partial charge in [-0.1, -0.05) is 0 Å².